The second-order valence-electron chi connectivity index (χ2n) is 8.02. The van der Waals surface area contributed by atoms with Crippen LogP contribution in [0, 0.1) is 5.92 Å². The van der Waals surface area contributed by atoms with E-state index in [1.807, 2.05) is 30.1 Å². The van der Waals surface area contributed by atoms with Gasteiger partial charge in [0.05, 0.1) is 37.3 Å². The van der Waals surface area contributed by atoms with Gasteiger partial charge in [-0.3, -0.25) is 9.69 Å². The number of hydrogen-bond donors (Lipinski definition) is 1. The van der Waals surface area contributed by atoms with Crippen LogP contribution in [0.1, 0.15) is 38.3 Å². The Morgan fingerprint density at radius 2 is 1.96 bits per heavy atom. The summed E-state index contributed by atoms with van der Waals surface area (Å²) in [5.41, 5.74) is 0.971. The van der Waals surface area contributed by atoms with Crippen LogP contribution in [0.5, 0.6) is 11.5 Å². The molecule has 3 rings (SSSR count). The fraction of sp³-hybridized carbons (Fsp3) is 0.650. The highest BCUT2D eigenvalue weighted by Crippen LogP contribution is 2.34. The first-order chi connectivity index (χ1) is 13.2. The van der Waals surface area contributed by atoms with E-state index < -0.39 is 9.84 Å². The van der Waals surface area contributed by atoms with E-state index in [2.05, 4.69) is 19.2 Å². The molecule has 0 aromatic heterocycles. The summed E-state index contributed by atoms with van der Waals surface area (Å²) >= 11 is 0. The number of amides is 1. The summed E-state index contributed by atoms with van der Waals surface area (Å²) in [6.07, 6.45) is 1.43. The molecule has 28 heavy (non-hydrogen) atoms. The first-order valence-corrected chi connectivity index (χ1v) is 11.7. The van der Waals surface area contributed by atoms with Crippen LogP contribution in [0.25, 0.3) is 0 Å². The third kappa shape index (κ3) is 5.17. The molecule has 1 saturated heterocycles. The summed E-state index contributed by atoms with van der Waals surface area (Å²) in [5, 5.41) is 3.10. The Morgan fingerprint density at radius 1 is 1.25 bits per heavy atom. The molecule has 2 aliphatic rings. The zero-order valence-electron chi connectivity index (χ0n) is 16.8. The first-order valence-electron chi connectivity index (χ1n) is 9.85. The molecule has 0 aliphatic carbocycles. The van der Waals surface area contributed by atoms with Crippen LogP contribution >= 0.6 is 0 Å². The number of rotatable bonds is 6. The molecule has 8 heteroatoms. The Bertz CT molecular complexity index is 809. The molecular weight excluding hydrogens is 380 g/mol. The zero-order valence-corrected chi connectivity index (χ0v) is 17.6. The van der Waals surface area contributed by atoms with Gasteiger partial charge in [-0.15, -0.1) is 0 Å². The van der Waals surface area contributed by atoms with Crippen molar-refractivity contribution in [2.75, 3.05) is 38.3 Å². The van der Waals surface area contributed by atoms with E-state index in [9.17, 15) is 13.2 Å². The fourth-order valence-corrected chi connectivity index (χ4v) is 5.51. The zero-order chi connectivity index (χ0) is 20.3. The predicted molar refractivity (Wildman–Crippen MR) is 107 cm³/mol. The quantitative estimate of drug-likeness (QED) is 0.770. The Labute approximate surface area is 167 Å². The second kappa shape index (κ2) is 8.69. The molecule has 0 bridgehead atoms. The van der Waals surface area contributed by atoms with Gasteiger partial charge in [0.2, 0.25) is 5.91 Å². The maximum atomic E-state index is 12.6. The predicted octanol–water partition coefficient (Wildman–Crippen LogP) is 1.78. The lowest BCUT2D eigenvalue weighted by atomic mass is 9.95. The molecule has 1 aromatic carbocycles. The maximum absolute atomic E-state index is 12.6. The van der Waals surface area contributed by atoms with Gasteiger partial charge in [-0.25, -0.2) is 8.42 Å². The van der Waals surface area contributed by atoms with Crippen LogP contribution in [0.3, 0.4) is 0 Å². The number of nitrogens with one attached hydrogen (secondary N) is 1. The van der Waals surface area contributed by atoms with Crippen LogP contribution in [0.15, 0.2) is 18.2 Å². The molecular formula is C20H30N2O5S. The van der Waals surface area contributed by atoms with Gasteiger partial charge in [0.1, 0.15) is 0 Å². The monoisotopic (exact) mass is 410 g/mol. The molecule has 1 aromatic rings. The highest BCUT2D eigenvalue weighted by atomic mass is 32.2. The average Bonchev–Trinajstić information content (AvgIpc) is 2.85. The van der Waals surface area contributed by atoms with Crippen molar-refractivity contribution in [3.8, 4) is 11.5 Å². The number of carbonyl (C=O) groups excluding carboxylic acids is 1. The minimum absolute atomic E-state index is 0.0914. The van der Waals surface area contributed by atoms with Gasteiger partial charge in [0, 0.05) is 12.5 Å². The SMILES string of the molecule is CC(C)[C@@H](NC(=O)CN(C)[C@H]1CCS(=O)(=O)C1)c1ccc2c(c1)OCCCO2. The third-order valence-corrected chi connectivity index (χ3v) is 7.09. The number of likely N-dealkylation sites (N-methyl/N-ethyl adjacent to an activating group) is 1. The molecule has 0 spiro atoms. The van der Waals surface area contributed by atoms with Gasteiger partial charge in [-0.1, -0.05) is 19.9 Å². The lowest BCUT2D eigenvalue weighted by molar-refractivity contribution is -0.123. The van der Waals surface area contributed by atoms with Crippen molar-refractivity contribution in [1.29, 1.82) is 0 Å². The van der Waals surface area contributed by atoms with E-state index in [1.165, 1.54) is 0 Å². The fourth-order valence-electron chi connectivity index (χ4n) is 3.71. The topological polar surface area (TPSA) is 84.9 Å². The maximum Gasteiger partial charge on any atom is 0.234 e. The lowest BCUT2D eigenvalue weighted by Crippen LogP contribution is -2.43. The summed E-state index contributed by atoms with van der Waals surface area (Å²) in [5.74, 6) is 1.85. The van der Waals surface area contributed by atoms with E-state index in [0.29, 0.717) is 25.4 Å². The number of fused-ring (bicyclic) bond motifs is 1. The molecule has 1 fully saturated rings. The largest absolute Gasteiger partial charge is 0.490 e. The number of nitrogens with zero attached hydrogens (tertiary/aromatic N) is 1. The first kappa shape index (κ1) is 20.9. The van der Waals surface area contributed by atoms with E-state index in [4.69, 9.17) is 9.47 Å². The Balaban J connectivity index is 1.66. The van der Waals surface area contributed by atoms with E-state index >= 15 is 0 Å². The van der Waals surface area contributed by atoms with Crippen LogP contribution in [0.2, 0.25) is 0 Å². The molecule has 2 aliphatic heterocycles. The van der Waals surface area contributed by atoms with Crippen molar-refractivity contribution < 1.29 is 22.7 Å². The van der Waals surface area contributed by atoms with Gasteiger partial charge >= 0.3 is 0 Å². The van der Waals surface area contributed by atoms with Crippen molar-refractivity contribution in [2.45, 2.75) is 38.8 Å². The van der Waals surface area contributed by atoms with Crippen LogP contribution in [0.4, 0.5) is 0 Å². The summed E-state index contributed by atoms with van der Waals surface area (Å²) < 4.78 is 34.8. The summed E-state index contributed by atoms with van der Waals surface area (Å²) in [4.78, 5) is 14.5. The smallest absolute Gasteiger partial charge is 0.234 e. The molecule has 7 nitrogen and oxygen atoms in total. The van der Waals surface area contributed by atoms with Crippen LogP contribution < -0.4 is 14.8 Å². The van der Waals surface area contributed by atoms with Gasteiger partial charge in [0.15, 0.2) is 21.3 Å². The van der Waals surface area contributed by atoms with Crippen LogP contribution in [-0.4, -0.2) is 63.6 Å². The normalized spacial score (nSPS) is 22.1. The van der Waals surface area contributed by atoms with Gasteiger partial charge in [0.25, 0.3) is 0 Å². The summed E-state index contributed by atoms with van der Waals surface area (Å²) in [6.45, 7) is 5.54. The standard InChI is InChI=1S/C20H30N2O5S/c1-14(2)20(15-5-6-17-18(11-15)27-9-4-8-26-17)21-19(23)12-22(3)16-7-10-28(24,25)13-16/h5-6,11,14,16,20H,4,7-10,12-13H2,1-3H3,(H,21,23)/t16-,20+/m0/s1. The molecule has 156 valence electrons. The third-order valence-electron chi connectivity index (χ3n) is 5.34. The average molecular weight is 411 g/mol. The summed E-state index contributed by atoms with van der Waals surface area (Å²) in [6, 6.07) is 5.55. The highest BCUT2D eigenvalue weighted by molar-refractivity contribution is 7.91. The van der Waals surface area contributed by atoms with E-state index in [0.717, 1.165) is 17.7 Å². The molecule has 0 unspecified atom stereocenters. The molecule has 0 radical (unpaired) electrons. The van der Waals surface area contributed by atoms with Gasteiger partial charge in [-0.05, 0) is 37.1 Å². The Morgan fingerprint density at radius 3 is 2.61 bits per heavy atom. The van der Waals surface area contributed by atoms with Crippen molar-refractivity contribution in [3.05, 3.63) is 23.8 Å². The number of sulfone groups is 1. The summed E-state index contributed by atoms with van der Waals surface area (Å²) in [7, 11) is -1.16. The molecule has 2 atom stereocenters. The van der Waals surface area contributed by atoms with E-state index in [1.54, 1.807) is 0 Å². The molecule has 1 N–H and O–H groups in total. The lowest BCUT2D eigenvalue weighted by Gasteiger charge is -2.27. The molecule has 0 saturated carbocycles. The Kier molecular flexibility index (Phi) is 6.50. The number of ether oxygens (including phenoxy) is 2. The van der Waals surface area contributed by atoms with Gasteiger partial charge in [-0.2, -0.15) is 0 Å². The van der Waals surface area contributed by atoms with Crippen molar-refractivity contribution in [2.24, 2.45) is 5.92 Å². The van der Waals surface area contributed by atoms with E-state index in [-0.39, 0.29) is 42.0 Å². The van der Waals surface area contributed by atoms with Crippen LogP contribution in [-0.2, 0) is 14.6 Å². The highest BCUT2D eigenvalue weighted by Gasteiger charge is 2.31. The Hall–Kier alpha value is -1.80. The van der Waals surface area contributed by atoms with Crippen molar-refractivity contribution >= 4 is 15.7 Å². The minimum Gasteiger partial charge on any atom is -0.490 e. The van der Waals surface area contributed by atoms with Gasteiger partial charge < -0.3 is 14.8 Å². The number of hydrogen-bond acceptors (Lipinski definition) is 6. The number of carbonyl (C=O) groups is 1. The molecule has 1 amide bonds. The van der Waals surface area contributed by atoms with Crippen molar-refractivity contribution in [3.63, 3.8) is 0 Å². The number of benzene rings is 1. The second-order valence-corrected chi connectivity index (χ2v) is 10.2. The molecule has 2 heterocycles. The van der Waals surface area contributed by atoms with Crippen molar-refractivity contribution in [1.82, 2.24) is 10.2 Å². The minimum atomic E-state index is -2.97.